The molecule has 2 aromatic carbocycles. The largest absolute Gasteiger partial charge is 0.323 e. The van der Waals surface area contributed by atoms with Crippen LogP contribution in [0.15, 0.2) is 48.7 Å². The maximum Gasteiger partial charge on any atom is 0.227 e. The van der Waals surface area contributed by atoms with Gasteiger partial charge < -0.3 is 5.32 Å². The highest BCUT2D eigenvalue weighted by Gasteiger charge is 2.27. The van der Waals surface area contributed by atoms with Crippen LogP contribution in [0.5, 0.6) is 0 Å². The van der Waals surface area contributed by atoms with E-state index in [0.717, 1.165) is 50.3 Å². The molecular weight excluding hydrogens is 509 g/mol. The molecule has 0 radical (unpaired) electrons. The fourth-order valence-corrected chi connectivity index (χ4v) is 4.88. The molecule has 30 heavy (non-hydrogen) atoms. The third kappa shape index (κ3) is 3.37. The zero-order valence-electron chi connectivity index (χ0n) is 16.6. The minimum absolute atomic E-state index is 0.532. The Labute approximate surface area is 193 Å². The second-order valence-electron chi connectivity index (χ2n) is 7.43. The van der Waals surface area contributed by atoms with Crippen LogP contribution in [0.2, 0.25) is 5.02 Å². The number of hydrogen-bond acceptors (Lipinski definition) is 4. The number of nitrogens with zero attached hydrogens (tertiary/aromatic N) is 4. The van der Waals surface area contributed by atoms with Crippen molar-refractivity contribution in [3.05, 3.63) is 74.1 Å². The minimum Gasteiger partial charge on any atom is -0.323 e. The lowest BCUT2D eigenvalue weighted by Gasteiger charge is -2.18. The van der Waals surface area contributed by atoms with Crippen molar-refractivity contribution >= 4 is 45.8 Å². The van der Waals surface area contributed by atoms with Crippen LogP contribution in [0.4, 0.5) is 11.6 Å². The van der Waals surface area contributed by atoms with E-state index in [-0.39, 0.29) is 0 Å². The second-order valence-corrected chi connectivity index (χ2v) is 9.08. The van der Waals surface area contributed by atoms with E-state index < -0.39 is 0 Å². The lowest BCUT2D eigenvalue weighted by Crippen LogP contribution is -2.08. The number of anilines is 2. The van der Waals surface area contributed by atoms with E-state index in [4.69, 9.17) is 21.7 Å². The molecule has 5 nitrogen and oxygen atoms in total. The first-order valence-electron chi connectivity index (χ1n) is 9.71. The smallest absolute Gasteiger partial charge is 0.227 e. The van der Waals surface area contributed by atoms with E-state index in [1.807, 2.05) is 36.1 Å². The summed E-state index contributed by atoms with van der Waals surface area (Å²) in [5.74, 6) is 0.532. The van der Waals surface area contributed by atoms with E-state index in [0.29, 0.717) is 11.0 Å². The molecule has 2 heterocycles. The molecule has 0 amide bonds. The molecule has 0 spiro atoms. The zero-order valence-corrected chi connectivity index (χ0v) is 19.5. The molecule has 5 rings (SSSR count). The first kappa shape index (κ1) is 19.5. The van der Waals surface area contributed by atoms with Gasteiger partial charge in [-0.2, -0.15) is 5.10 Å². The number of hydrogen-bond donors (Lipinski definition) is 1. The van der Waals surface area contributed by atoms with Gasteiger partial charge in [-0.3, -0.25) is 4.68 Å². The Hall–Kier alpha value is -2.45. The van der Waals surface area contributed by atoms with Crippen molar-refractivity contribution in [3.8, 4) is 22.5 Å². The van der Waals surface area contributed by atoms with Crippen molar-refractivity contribution in [1.29, 1.82) is 0 Å². The fourth-order valence-electron chi connectivity index (χ4n) is 3.98. The predicted octanol–water partition coefficient (Wildman–Crippen LogP) is 5.95. The number of fused-ring (bicyclic) bond motifs is 3. The molecule has 1 aliphatic carbocycles. The molecule has 4 aromatic rings. The normalized spacial score (nSPS) is 12.4. The topological polar surface area (TPSA) is 55.6 Å². The summed E-state index contributed by atoms with van der Waals surface area (Å²) in [5, 5.41) is 8.74. The van der Waals surface area contributed by atoms with E-state index in [2.05, 4.69) is 64.1 Å². The maximum atomic E-state index is 6.39. The molecule has 150 valence electrons. The number of aromatic nitrogens is 4. The van der Waals surface area contributed by atoms with Gasteiger partial charge in [0.05, 0.1) is 27.8 Å². The summed E-state index contributed by atoms with van der Waals surface area (Å²) in [5.41, 5.74) is 8.56. The number of aryl methyl sites for hydroxylation is 4. The first-order chi connectivity index (χ1) is 14.5. The van der Waals surface area contributed by atoms with Crippen LogP contribution in [0.25, 0.3) is 22.5 Å². The third-order valence-corrected chi connectivity index (χ3v) is 6.41. The molecule has 0 bridgehead atoms. The third-order valence-electron chi connectivity index (χ3n) is 5.43. The van der Waals surface area contributed by atoms with Gasteiger partial charge >= 0.3 is 0 Å². The lowest BCUT2D eigenvalue weighted by molar-refractivity contribution is 0.741. The van der Waals surface area contributed by atoms with Crippen LogP contribution in [-0.2, 0) is 19.9 Å². The van der Waals surface area contributed by atoms with Gasteiger partial charge in [0.1, 0.15) is 0 Å². The molecule has 0 saturated carbocycles. The van der Waals surface area contributed by atoms with Crippen molar-refractivity contribution in [3.63, 3.8) is 0 Å². The molecule has 2 aromatic heterocycles. The SMILES string of the molecule is Cc1ccccc1-c1c2c(nn1C)CCc1cnc(Nc3ccc(I)cc3Cl)nc1-2. The Balaban J connectivity index is 1.63. The lowest BCUT2D eigenvalue weighted by atomic mass is 9.90. The summed E-state index contributed by atoms with van der Waals surface area (Å²) >= 11 is 8.64. The van der Waals surface area contributed by atoms with Gasteiger partial charge in [0, 0.05) is 27.9 Å². The van der Waals surface area contributed by atoms with Crippen LogP contribution < -0.4 is 5.32 Å². The van der Waals surface area contributed by atoms with Crippen LogP contribution in [0.1, 0.15) is 16.8 Å². The predicted molar refractivity (Wildman–Crippen MR) is 129 cm³/mol. The van der Waals surface area contributed by atoms with Crippen molar-refractivity contribution in [2.45, 2.75) is 19.8 Å². The average Bonchev–Trinajstić information content (AvgIpc) is 3.07. The molecule has 0 aliphatic heterocycles. The summed E-state index contributed by atoms with van der Waals surface area (Å²) < 4.78 is 3.06. The average molecular weight is 528 g/mol. The Bertz CT molecular complexity index is 1280. The Morgan fingerprint density at radius 3 is 2.77 bits per heavy atom. The van der Waals surface area contributed by atoms with Crippen LogP contribution >= 0.6 is 34.2 Å². The standard InChI is InChI=1S/C23H19ClIN5/c1-13-5-3-4-6-16(13)22-20-19(29-30(22)2)9-7-14-12-26-23(28-21(14)20)27-18-10-8-15(25)11-17(18)24/h3-6,8,10-12H,7,9H2,1-2H3,(H,26,27,28). The Kier molecular flexibility index (Phi) is 4.99. The molecule has 0 fully saturated rings. The van der Waals surface area contributed by atoms with Gasteiger partial charge in [-0.05, 0) is 71.7 Å². The van der Waals surface area contributed by atoms with E-state index >= 15 is 0 Å². The second kappa shape index (κ2) is 7.67. The molecule has 7 heteroatoms. The van der Waals surface area contributed by atoms with E-state index in [1.165, 1.54) is 11.1 Å². The van der Waals surface area contributed by atoms with Gasteiger partial charge in [-0.25, -0.2) is 9.97 Å². The zero-order chi connectivity index (χ0) is 20.8. The monoisotopic (exact) mass is 527 g/mol. The van der Waals surface area contributed by atoms with Crippen molar-refractivity contribution in [1.82, 2.24) is 19.7 Å². The van der Waals surface area contributed by atoms with Crippen molar-refractivity contribution < 1.29 is 0 Å². The molecular formula is C23H19ClIN5. The van der Waals surface area contributed by atoms with Crippen LogP contribution in [-0.4, -0.2) is 19.7 Å². The van der Waals surface area contributed by atoms with Gasteiger partial charge in [0.2, 0.25) is 5.95 Å². The Morgan fingerprint density at radius 1 is 1.13 bits per heavy atom. The summed E-state index contributed by atoms with van der Waals surface area (Å²) in [6.07, 6.45) is 3.70. The summed E-state index contributed by atoms with van der Waals surface area (Å²) in [6.45, 7) is 2.13. The minimum atomic E-state index is 0.532. The van der Waals surface area contributed by atoms with Gasteiger partial charge in [-0.1, -0.05) is 35.9 Å². The number of nitrogens with one attached hydrogen (secondary N) is 1. The molecule has 0 saturated heterocycles. The molecule has 0 atom stereocenters. The number of rotatable bonds is 3. The van der Waals surface area contributed by atoms with E-state index in [9.17, 15) is 0 Å². The number of halogens is 2. The van der Waals surface area contributed by atoms with Crippen LogP contribution in [0.3, 0.4) is 0 Å². The Morgan fingerprint density at radius 2 is 1.97 bits per heavy atom. The summed E-state index contributed by atoms with van der Waals surface area (Å²) in [7, 11) is 2.01. The van der Waals surface area contributed by atoms with E-state index in [1.54, 1.807) is 0 Å². The van der Waals surface area contributed by atoms with Gasteiger partial charge in [0.25, 0.3) is 0 Å². The summed E-state index contributed by atoms with van der Waals surface area (Å²) in [6, 6.07) is 14.3. The van der Waals surface area contributed by atoms with Gasteiger partial charge in [0.15, 0.2) is 0 Å². The molecule has 1 N–H and O–H groups in total. The number of benzene rings is 2. The molecule has 1 aliphatic rings. The fraction of sp³-hybridized carbons (Fsp3) is 0.174. The highest BCUT2D eigenvalue weighted by Crippen LogP contribution is 2.40. The molecule has 0 unspecified atom stereocenters. The highest BCUT2D eigenvalue weighted by molar-refractivity contribution is 14.1. The van der Waals surface area contributed by atoms with Crippen molar-refractivity contribution in [2.75, 3.05) is 5.32 Å². The maximum absolute atomic E-state index is 6.39. The van der Waals surface area contributed by atoms with Crippen LogP contribution in [0, 0.1) is 10.5 Å². The van der Waals surface area contributed by atoms with Gasteiger partial charge in [-0.15, -0.1) is 0 Å². The quantitative estimate of drug-likeness (QED) is 0.334. The highest BCUT2D eigenvalue weighted by atomic mass is 127. The summed E-state index contributed by atoms with van der Waals surface area (Å²) in [4.78, 5) is 9.45. The van der Waals surface area contributed by atoms with Crippen molar-refractivity contribution in [2.24, 2.45) is 7.05 Å². The first-order valence-corrected chi connectivity index (χ1v) is 11.2.